The van der Waals surface area contributed by atoms with E-state index in [0.29, 0.717) is 6.54 Å². The Bertz CT molecular complexity index is 1450. The number of imide groups is 1. The van der Waals surface area contributed by atoms with Crippen LogP contribution in [0.3, 0.4) is 0 Å². The van der Waals surface area contributed by atoms with E-state index in [9.17, 15) is 14.4 Å². The number of thioether (sulfide) groups is 1. The molecular weight excluding hydrogens is 442 g/mol. The van der Waals surface area contributed by atoms with Gasteiger partial charge in [0.2, 0.25) is 11.8 Å². The van der Waals surface area contributed by atoms with E-state index >= 15 is 0 Å². The van der Waals surface area contributed by atoms with Gasteiger partial charge in [-0.1, -0.05) is 71.6 Å². The first-order valence-electron chi connectivity index (χ1n) is 10.4. The minimum Gasteiger partial charge on any atom is -0.350 e. The van der Waals surface area contributed by atoms with Gasteiger partial charge < -0.3 is 4.57 Å². The van der Waals surface area contributed by atoms with Crippen LogP contribution in [-0.2, 0) is 23.2 Å². The molecule has 8 heteroatoms. The summed E-state index contributed by atoms with van der Waals surface area (Å²) in [7, 11) is 1.98. The number of benzene rings is 2. The fraction of sp³-hybridized carbons (Fsp3) is 0.208. The Morgan fingerprint density at radius 2 is 1.72 bits per heavy atom. The standard InChI is InChI=1S/C24H19N3O3S2/c1-26-12-15(14-9-5-6-10-16(14)26)17-18-19(22(29)25-21(18)28)31-23-20(17)32-24(30)27(23)11-13-7-3-2-4-8-13/h2-10,12,17-19H,11H2,1H3,(H,25,28,29)/t17-,18+,19-/m0/s1. The second-order valence-electron chi connectivity index (χ2n) is 8.22. The SMILES string of the molecule is Cn1cc([C@@H]2c3sc(=O)n(Cc4ccccc4)c3S[C@@H]3C(=O)NC(=O)[C@H]23)c2ccccc21. The average molecular weight is 462 g/mol. The molecule has 2 aromatic carbocycles. The molecule has 32 heavy (non-hydrogen) atoms. The van der Waals surface area contributed by atoms with E-state index in [2.05, 4.69) is 5.32 Å². The molecule has 0 spiro atoms. The van der Waals surface area contributed by atoms with Gasteiger partial charge in [0, 0.05) is 34.9 Å². The van der Waals surface area contributed by atoms with Crippen LogP contribution < -0.4 is 10.2 Å². The van der Waals surface area contributed by atoms with Crippen LogP contribution in [0.2, 0.25) is 0 Å². The van der Waals surface area contributed by atoms with Gasteiger partial charge in [-0.2, -0.15) is 0 Å². The van der Waals surface area contributed by atoms with Crippen molar-refractivity contribution in [2.24, 2.45) is 13.0 Å². The molecule has 4 aromatic rings. The van der Waals surface area contributed by atoms with E-state index in [1.807, 2.05) is 72.4 Å². The Labute approximate surface area is 191 Å². The number of nitrogens with zero attached hydrogens (tertiary/aromatic N) is 2. The lowest BCUT2D eigenvalue weighted by atomic mass is 9.83. The molecule has 6 rings (SSSR count). The van der Waals surface area contributed by atoms with Gasteiger partial charge in [-0.3, -0.25) is 24.3 Å². The number of amides is 2. The number of rotatable bonds is 3. The number of para-hydroxylation sites is 1. The number of aryl methyl sites for hydroxylation is 1. The van der Waals surface area contributed by atoms with Crippen molar-refractivity contribution >= 4 is 45.8 Å². The lowest BCUT2D eigenvalue weighted by Gasteiger charge is -2.30. The predicted molar refractivity (Wildman–Crippen MR) is 125 cm³/mol. The van der Waals surface area contributed by atoms with Crippen LogP contribution in [0.25, 0.3) is 10.9 Å². The van der Waals surface area contributed by atoms with Crippen molar-refractivity contribution in [3.63, 3.8) is 0 Å². The van der Waals surface area contributed by atoms with E-state index in [1.165, 1.54) is 23.1 Å². The smallest absolute Gasteiger partial charge is 0.308 e. The maximum atomic E-state index is 13.1. The van der Waals surface area contributed by atoms with E-state index in [-0.39, 0.29) is 22.6 Å². The zero-order chi connectivity index (χ0) is 22.0. The number of fused-ring (bicyclic) bond motifs is 3. The molecule has 2 aliphatic heterocycles. The molecule has 0 bridgehead atoms. The molecule has 2 aliphatic rings. The first-order chi connectivity index (χ1) is 15.5. The van der Waals surface area contributed by atoms with Crippen LogP contribution in [0.4, 0.5) is 0 Å². The summed E-state index contributed by atoms with van der Waals surface area (Å²) in [5.41, 5.74) is 3.06. The molecule has 1 saturated heterocycles. The highest BCUT2D eigenvalue weighted by molar-refractivity contribution is 8.00. The summed E-state index contributed by atoms with van der Waals surface area (Å²) in [6.45, 7) is 0.438. The topological polar surface area (TPSA) is 73.1 Å². The molecule has 0 aliphatic carbocycles. The Morgan fingerprint density at radius 3 is 2.53 bits per heavy atom. The molecule has 3 atom stereocenters. The Hall–Kier alpha value is -3.10. The van der Waals surface area contributed by atoms with Crippen LogP contribution in [0.15, 0.2) is 70.6 Å². The minimum atomic E-state index is -0.546. The summed E-state index contributed by atoms with van der Waals surface area (Å²) in [4.78, 5) is 39.5. The van der Waals surface area contributed by atoms with Crippen LogP contribution in [0.5, 0.6) is 0 Å². The second kappa shape index (κ2) is 7.21. The molecule has 4 heterocycles. The van der Waals surface area contributed by atoms with Gasteiger partial charge in [-0.25, -0.2) is 0 Å². The monoisotopic (exact) mass is 461 g/mol. The maximum absolute atomic E-state index is 13.1. The second-order valence-corrected chi connectivity index (χ2v) is 10.3. The highest BCUT2D eigenvalue weighted by atomic mass is 32.2. The van der Waals surface area contributed by atoms with Crippen molar-refractivity contribution in [2.45, 2.75) is 22.7 Å². The van der Waals surface area contributed by atoms with Crippen molar-refractivity contribution in [3.8, 4) is 0 Å². The van der Waals surface area contributed by atoms with E-state index in [1.54, 1.807) is 4.57 Å². The third kappa shape index (κ3) is 2.83. The van der Waals surface area contributed by atoms with Crippen molar-refractivity contribution in [1.82, 2.24) is 14.5 Å². The first kappa shape index (κ1) is 19.6. The van der Waals surface area contributed by atoms with Gasteiger partial charge in [0.15, 0.2) is 0 Å². The molecule has 2 amide bonds. The molecule has 0 radical (unpaired) electrons. The number of carbonyl (C=O) groups is 2. The zero-order valence-electron chi connectivity index (χ0n) is 17.1. The van der Waals surface area contributed by atoms with Crippen molar-refractivity contribution in [1.29, 1.82) is 0 Å². The Balaban J connectivity index is 1.58. The fourth-order valence-electron chi connectivity index (χ4n) is 4.90. The van der Waals surface area contributed by atoms with E-state index < -0.39 is 11.2 Å². The summed E-state index contributed by atoms with van der Waals surface area (Å²) < 4.78 is 3.80. The number of hydrogen-bond acceptors (Lipinski definition) is 5. The van der Waals surface area contributed by atoms with Crippen LogP contribution in [0, 0.1) is 5.92 Å². The number of hydrogen-bond donors (Lipinski definition) is 1. The quantitative estimate of drug-likeness (QED) is 0.475. The van der Waals surface area contributed by atoms with Crippen molar-refractivity contribution < 1.29 is 9.59 Å². The van der Waals surface area contributed by atoms with Gasteiger partial charge in [0.25, 0.3) is 0 Å². The summed E-state index contributed by atoms with van der Waals surface area (Å²) in [5.74, 6) is -1.41. The summed E-state index contributed by atoms with van der Waals surface area (Å²) in [6.07, 6.45) is 2.04. The molecule has 0 saturated carbocycles. The van der Waals surface area contributed by atoms with E-state index in [0.717, 1.165) is 31.9 Å². The summed E-state index contributed by atoms with van der Waals surface area (Å²) in [5, 5.41) is 3.83. The van der Waals surface area contributed by atoms with Crippen LogP contribution in [0.1, 0.15) is 21.9 Å². The average Bonchev–Trinajstić information content (AvgIpc) is 3.39. The largest absolute Gasteiger partial charge is 0.350 e. The highest BCUT2D eigenvalue weighted by Crippen LogP contribution is 2.52. The van der Waals surface area contributed by atoms with Gasteiger partial charge >= 0.3 is 4.87 Å². The third-order valence-corrected chi connectivity index (χ3v) is 8.95. The molecule has 1 N–H and O–H groups in total. The van der Waals surface area contributed by atoms with Gasteiger partial charge in [0.05, 0.1) is 17.5 Å². The summed E-state index contributed by atoms with van der Waals surface area (Å²) in [6, 6.07) is 17.9. The first-order valence-corrected chi connectivity index (χ1v) is 12.1. The van der Waals surface area contributed by atoms with Gasteiger partial charge in [-0.05, 0) is 17.2 Å². The molecule has 160 valence electrons. The zero-order valence-corrected chi connectivity index (χ0v) is 18.8. The number of nitrogens with one attached hydrogen (secondary N) is 1. The highest BCUT2D eigenvalue weighted by Gasteiger charge is 2.53. The summed E-state index contributed by atoms with van der Waals surface area (Å²) >= 11 is 2.55. The van der Waals surface area contributed by atoms with Crippen molar-refractivity contribution in [2.75, 3.05) is 0 Å². The number of aromatic nitrogens is 2. The molecular formula is C24H19N3O3S2. The predicted octanol–water partition coefficient (Wildman–Crippen LogP) is 3.33. The molecule has 2 aromatic heterocycles. The lowest BCUT2D eigenvalue weighted by Crippen LogP contribution is -2.32. The molecule has 6 nitrogen and oxygen atoms in total. The van der Waals surface area contributed by atoms with E-state index in [4.69, 9.17) is 0 Å². The van der Waals surface area contributed by atoms with Crippen LogP contribution in [-0.4, -0.2) is 26.2 Å². The number of carbonyl (C=O) groups excluding carboxylic acids is 2. The van der Waals surface area contributed by atoms with Gasteiger partial charge in [0.1, 0.15) is 5.25 Å². The van der Waals surface area contributed by atoms with Crippen LogP contribution >= 0.6 is 23.1 Å². The Morgan fingerprint density at radius 1 is 0.969 bits per heavy atom. The molecule has 1 fully saturated rings. The minimum absolute atomic E-state index is 0.0654. The Kier molecular flexibility index (Phi) is 4.41. The fourth-order valence-corrected chi connectivity index (χ4v) is 7.63. The molecule has 0 unspecified atom stereocenters. The number of thiazole rings is 1. The van der Waals surface area contributed by atoms with Gasteiger partial charge in [-0.15, -0.1) is 0 Å². The van der Waals surface area contributed by atoms with Crippen molar-refractivity contribution in [3.05, 3.63) is 86.5 Å². The maximum Gasteiger partial charge on any atom is 0.308 e. The lowest BCUT2D eigenvalue weighted by molar-refractivity contribution is -0.125. The third-order valence-electron chi connectivity index (χ3n) is 6.33. The normalized spacial score (nSPS) is 22.1.